The van der Waals surface area contributed by atoms with Crippen LogP contribution in [0.1, 0.15) is 132 Å². The largest absolute Gasteiger partial charge is 0.464 e. The third-order valence-corrected chi connectivity index (χ3v) is 21.7. The zero-order chi connectivity index (χ0) is 58.4. The lowest BCUT2D eigenvalue weighted by Crippen LogP contribution is -2.68. The molecule has 9 rings (SSSR count). The number of esters is 2. The molecular formula is C57H92O23. The average molecular weight is 1150 g/mol. The summed E-state index contributed by atoms with van der Waals surface area (Å²) in [6, 6.07) is 0. The highest BCUT2D eigenvalue weighted by Crippen LogP contribution is 2.76. The predicted molar refractivity (Wildman–Crippen MR) is 276 cm³/mol. The van der Waals surface area contributed by atoms with Crippen molar-refractivity contribution >= 4 is 11.9 Å². The summed E-state index contributed by atoms with van der Waals surface area (Å²) < 4.78 is 54.8. The molecule has 27 atom stereocenters. The molecule has 23 nitrogen and oxygen atoms in total. The van der Waals surface area contributed by atoms with E-state index in [1.54, 1.807) is 0 Å². The predicted octanol–water partition coefficient (Wildman–Crippen LogP) is -0.0452. The van der Waals surface area contributed by atoms with E-state index in [1.807, 2.05) is 6.92 Å². The van der Waals surface area contributed by atoms with E-state index >= 15 is 0 Å². The van der Waals surface area contributed by atoms with Gasteiger partial charge in [-0.25, -0.2) is 4.79 Å². The highest BCUT2D eigenvalue weighted by atomic mass is 16.8. The molecule has 0 spiro atoms. The van der Waals surface area contributed by atoms with Gasteiger partial charge in [-0.3, -0.25) is 4.79 Å². The van der Waals surface area contributed by atoms with Crippen molar-refractivity contribution in [3.63, 3.8) is 0 Å². The molecule has 0 radical (unpaired) electrons. The van der Waals surface area contributed by atoms with Crippen LogP contribution in [0.15, 0.2) is 11.6 Å². The van der Waals surface area contributed by atoms with Crippen molar-refractivity contribution in [2.75, 3.05) is 26.4 Å². The highest BCUT2D eigenvalue weighted by molar-refractivity contribution is 5.79. The first-order chi connectivity index (χ1) is 37.5. The Bertz CT molecular complexity index is 2210. The Morgan fingerprint density at radius 2 is 1.24 bits per heavy atom. The first-order valence-electron chi connectivity index (χ1n) is 29.2. The molecule has 0 aromatic rings. The summed E-state index contributed by atoms with van der Waals surface area (Å²) in [6.07, 6.45) is -22.8. The van der Waals surface area contributed by atoms with Gasteiger partial charge in [-0.15, -0.1) is 0 Å². The lowest BCUT2D eigenvalue weighted by Gasteiger charge is -2.71. The van der Waals surface area contributed by atoms with Gasteiger partial charge in [-0.2, -0.15) is 0 Å². The Kier molecular flexibility index (Phi) is 18.2. The SMILES string of the molecule is CCCCOC(=O)C1OC(OC2CCC3(C)C(CCC4(C)C3CC=C3C5CC(C)(C)CCC5(C(=O)OC5OC(CO)C(O)C(O)C5O)CCC34C)C2(C)C)C(OC2OCC(O)C(O)C2O)C(OC2OC(CO)C(O)C(O)C2O)C1O. The van der Waals surface area contributed by atoms with Crippen LogP contribution >= 0.6 is 0 Å². The van der Waals surface area contributed by atoms with Gasteiger partial charge in [0.1, 0.15) is 85.5 Å². The quantitative estimate of drug-likeness (QED) is 0.0470. The van der Waals surface area contributed by atoms with E-state index in [0.29, 0.717) is 44.9 Å². The third kappa shape index (κ3) is 10.6. The molecule has 4 saturated heterocycles. The van der Waals surface area contributed by atoms with E-state index in [9.17, 15) is 70.9 Å². The fraction of sp³-hybridized carbons (Fsp3) is 0.930. The van der Waals surface area contributed by atoms with Crippen LogP contribution < -0.4 is 0 Å². The van der Waals surface area contributed by atoms with Gasteiger partial charge in [0.05, 0.1) is 37.9 Å². The summed E-state index contributed by atoms with van der Waals surface area (Å²) >= 11 is 0. The maximum atomic E-state index is 14.8. The van der Waals surface area contributed by atoms with Gasteiger partial charge in [-0.05, 0) is 115 Å². The van der Waals surface area contributed by atoms with Gasteiger partial charge in [0, 0.05) is 0 Å². The monoisotopic (exact) mass is 1140 g/mol. The molecule has 8 fully saturated rings. The van der Waals surface area contributed by atoms with Crippen molar-refractivity contribution in [3.8, 4) is 0 Å². The zero-order valence-corrected chi connectivity index (χ0v) is 47.5. The Hall–Kier alpha value is -2.08. The molecule has 4 aliphatic heterocycles. The van der Waals surface area contributed by atoms with Crippen molar-refractivity contribution < 1.29 is 113 Å². The number of rotatable bonds is 14. The molecule has 9 aliphatic rings. The smallest absolute Gasteiger partial charge is 0.338 e. The van der Waals surface area contributed by atoms with Crippen LogP contribution in [0.3, 0.4) is 0 Å². The molecule has 23 heteroatoms. The van der Waals surface area contributed by atoms with Crippen LogP contribution in [0.2, 0.25) is 0 Å². The van der Waals surface area contributed by atoms with Crippen molar-refractivity contribution in [2.45, 2.75) is 255 Å². The number of carbonyl (C=O) groups excluding carboxylic acids is 2. The summed E-state index contributed by atoms with van der Waals surface area (Å²) in [4.78, 5) is 28.8. The Morgan fingerprint density at radius 1 is 0.625 bits per heavy atom. The van der Waals surface area contributed by atoms with Crippen molar-refractivity contribution in [1.29, 1.82) is 0 Å². The molecular weight excluding hydrogens is 1050 g/mol. The Balaban J connectivity index is 1.01. The number of aliphatic hydroxyl groups excluding tert-OH is 12. The van der Waals surface area contributed by atoms with Gasteiger partial charge >= 0.3 is 11.9 Å². The van der Waals surface area contributed by atoms with Crippen molar-refractivity contribution in [1.82, 2.24) is 0 Å². The molecule has 4 heterocycles. The van der Waals surface area contributed by atoms with Crippen LogP contribution in [-0.4, -0.2) is 222 Å². The van der Waals surface area contributed by atoms with Gasteiger partial charge in [0.2, 0.25) is 6.29 Å². The lowest BCUT2D eigenvalue weighted by molar-refractivity contribution is -0.391. The summed E-state index contributed by atoms with van der Waals surface area (Å²) in [5.74, 6) is -1.52. The molecule has 0 aromatic heterocycles. The normalized spacial score (nSPS) is 50.9. The topological polar surface area (TPSA) is 360 Å². The highest BCUT2D eigenvalue weighted by Gasteiger charge is 2.70. The molecule has 0 aromatic carbocycles. The number of carbonyl (C=O) groups is 2. The minimum atomic E-state index is -1.97. The fourth-order valence-electron chi connectivity index (χ4n) is 16.6. The lowest BCUT2D eigenvalue weighted by atomic mass is 9.33. The Labute approximate surface area is 467 Å². The Morgan fingerprint density at radius 3 is 1.89 bits per heavy atom. The van der Waals surface area contributed by atoms with Gasteiger partial charge in [0.15, 0.2) is 25.0 Å². The van der Waals surface area contributed by atoms with E-state index < -0.39 is 165 Å². The van der Waals surface area contributed by atoms with Crippen molar-refractivity contribution in [2.24, 2.45) is 50.2 Å². The van der Waals surface area contributed by atoms with E-state index in [2.05, 4.69) is 54.5 Å². The van der Waals surface area contributed by atoms with E-state index in [1.165, 1.54) is 5.57 Å². The summed E-state index contributed by atoms with van der Waals surface area (Å²) in [5, 5.41) is 129. The molecule has 0 bridgehead atoms. The summed E-state index contributed by atoms with van der Waals surface area (Å²) in [5.41, 5.74) is -1.34. The number of ether oxygens (including phenoxy) is 9. The van der Waals surface area contributed by atoms with Gasteiger partial charge in [-0.1, -0.05) is 73.5 Å². The van der Waals surface area contributed by atoms with Crippen LogP contribution in [0.4, 0.5) is 0 Å². The number of hydrogen-bond acceptors (Lipinski definition) is 23. The first-order valence-corrected chi connectivity index (χ1v) is 29.2. The van der Waals surface area contributed by atoms with E-state index in [0.717, 1.165) is 32.1 Å². The number of aliphatic hydroxyl groups is 12. The van der Waals surface area contributed by atoms with Gasteiger partial charge < -0.3 is 104 Å². The summed E-state index contributed by atoms with van der Waals surface area (Å²) in [7, 11) is 0. The van der Waals surface area contributed by atoms with Gasteiger partial charge in [0.25, 0.3) is 0 Å². The number of fused-ring (bicyclic) bond motifs is 7. The number of unbranched alkanes of at least 4 members (excludes halogenated alkanes) is 1. The van der Waals surface area contributed by atoms with E-state index in [-0.39, 0.29) is 46.0 Å². The fourth-order valence-corrected chi connectivity index (χ4v) is 16.6. The molecule has 27 unspecified atom stereocenters. The standard InChI is InChI=1S/C57H92O23/c1-9-10-21-72-46(70)44-42(69)43(77-48-40(67)37(64)35(62)29(23-58)74-48)45(79-47-39(66)34(61)28(60)25-73-47)50(78-44)76-33-14-15-54(6)31(53(33,4)5)13-16-56(8)32(54)12-11-26-27-22-52(2,3)17-19-57(27,20-18-55(26,56)7)51(71)80-49-41(68)38(65)36(63)30(24-59)75-49/h11,27-45,47-50,58-69H,9-10,12-25H2,1-8H3. The van der Waals surface area contributed by atoms with Crippen molar-refractivity contribution in [3.05, 3.63) is 11.6 Å². The molecule has 0 amide bonds. The molecule has 12 N–H and O–H groups in total. The third-order valence-electron chi connectivity index (χ3n) is 21.7. The molecule has 458 valence electrons. The van der Waals surface area contributed by atoms with E-state index in [4.69, 9.17) is 42.6 Å². The average Bonchev–Trinajstić information content (AvgIpc) is 3.41. The van der Waals surface area contributed by atoms with Crippen LogP contribution in [0.5, 0.6) is 0 Å². The van der Waals surface area contributed by atoms with Crippen LogP contribution in [0, 0.1) is 50.2 Å². The van der Waals surface area contributed by atoms with Crippen LogP contribution in [-0.2, 0) is 52.2 Å². The minimum Gasteiger partial charge on any atom is -0.464 e. The zero-order valence-electron chi connectivity index (χ0n) is 47.5. The number of hydrogen-bond donors (Lipinski definition) is 12. The second kappa shape index (κ2) is 23.3. The molecule has 80 heavy (non-hydrogen) atoms. The minimum absolute atomic E-state index is 0.0166. The molecule has 4 saturated carbocycles. The maximum Gasteiger partial charge on any atom is 0.338 e. The molecule has 5 aliphatic carbocycles. The maximum absolute atomic E-state index is 14.8. The number of allylic oxidation sites excluding steroid dienone is 2. The second-order valence-electron chi connectivity index (χ2n) is 27.0. The van der Waals surface area contributed by atoms with Crippen LogP contribution in [0.25, 0.3) is 0 Å². The summed E-state index contributed by atoms with van der Waals surface area (Å²) in [6.45, 7) is 15.8. The first kappa shape index (κ1) is 62.5. The second-order valence-corrected chi connectivity index (χ2v) is 27.0.